The third-order valence-electron chi connectivity index (χ3n) is 3.12. The molecule has 0 bridgehead atoms. The number of nitrogens with zero attached hydrogens (tertiary/aromatic N) is 2. The SMILES string of the molecule is CSc1ccc(NC(=O)Cn2cnc3ccsc3c2=O)cc1. The molecule has 0 saturated heterocycles. The normalized spacial score (nSPS) is 10.8. The fourth-order valence-electron chi connectivity index (χ4n) is 2.02. The van der Waals surface area contributed by atoms with Crippen LogP contribution >= 0.6 is 23.1 Å². The fourth-order valence-corrected chi connectivity index (χ4v) is 3.22. The average molecular weight is 331 g/mol. The number of carbonyl (C=O) groups excluding carboxylic acids is 1. The van der Waals surface area contributed by atoms with Gasteiger partial charge in [0.15, 0.2) is 0 Å². The van der Waals surface area contributed by atoms with Gasteiger partial charge in [-0.1, -0.05) is 0 Å². The smallest absolute Gasteiger partial charge is 0.271 e. The quantitative estimate of drug-likeness (QED) is 0.747. The van der Waals surface area contributed by atoms with E-state index in [0.717, 1.165) is 4.90 Å². The van der Waals surface area contributed by atoms with E-state index in [1.54, 1.807) is 17.8 Å². The largest absolute Gasteiger partial charge is 0.325 e. The maximum atomic E-state index is 12.2. The van der Waals surface area contributed by atoms with Crippen LogP contribution in [0.15, 0.2) is 51.7 Å². The van der Waals surface area contributed by atoms with E-state index in [1.807, 2.05) is 35.9 Å². The third kappa shape index (κ3) is 3.05. The lowest BCUT2D eigenvalue weighted by molar-refractivity contribution is -0.116. The van der Waals surface area contributed by atoms with Crippen molar-refractivity contribution in [3.05, 3.63) is 52.4 Å². The molecule has 0 unspecified atom stereocenters. The minimum absolute atomic E-state index is 0.0516. The molecule has 112 valence electrons. The van der Waals surface area contributed by atoms with Gasteiger partial charge in [0.2, 0.25) is 5.91 Å². The zero-order valence-corrected chi connectivity index (χ0v) is 13.4. The topological polar surface area (TPSA) is 64.0 Å². The number of thiophene rings is 1. The van der Waals surface area contributed by atoms with Crippen LogP contribution in [0.25, 0.3) is 10.2 Å². The maximum absolute atomic E-state index is 12.2. The summed E-state index contributed by atoms with van der Waals surface area (Å²) in [7, 11) is 0. The molecule has 2 heterocycles. The van der Waals surface area contributed by atoms with Gasteiger partial charge in [0.05, 0.1) is 11.8 Å². The second kappa shape index (κ2) is 6.33. The van der Waals surface area contributed by atoms with Crippen LogP contribution in [0.3, 0.4) is 0 Å². The molecule has 22 heavy (non-hydrogen) atoms. The fraction of sp³-hybridized carbons (Fsp3) is 0.133. The maximum Gasteiger partial charge on any atom is 0.271 e. The van der Waals surface area contributed by atoms with Crippen LogP contribution in [0.2, 0.25) is 0 Å². The lowest BCUT2D eigenvalue weighted by Gasteiger charge is -2.07. The molecule has 0 aliphatic rings. The van der Waals surface area contributed by atoms with E-state index in [2.05, 4.69) is 10.3 Å². The highest BCUT2D eigenvalue weighted by molar-refractivity contribution is 7.98. The number of carbonyl (C=O) groups is 1. The zero-order chi connectivity index (χ0) is 15.5. The summed E-state index contributed by atoms with van der Waals surface area (Å²) in [5.41, 5.74) is 1.19. The van der Waals surface area contributed by atoms with E-state index in [9.17, 15) is 9.59 Å². The summed E-state index contributed by atoms with van der Waals surface area (Å²) in [6.07, 6.45) is 3.40. The van der Waals surface area contributed by atoms with Crippen LogP contribution in [-0.4, -0.2) is 21.7 Å². The van der Waals surface area contributed by atoms with Gasteiger partial charge in [0.25, 0.3) is 5.56 Å². The van der Waals surface area contributed by atoms with E-state index >= 15 is 0 Å². The molecule has 1 aromatic carbocycles. The van der Waals surface area contributed by atoms with Gasteiger partial charge < -0.3 is 5.32 Å². The molecular formula is C15H13N3O2S2. The first-order chi connectivity index (χ1) is 10.7. The van der Waals surface area contributed by atoms with Crippen LogP contribution in [0.5, 0.6) is 0 Å². The van der Waals surface area contributed by atoms with Crippen LogP contribution in [0, 0.1) is 0 Å². The van der Waals surface area contributed by atoms with Gasteiger partial charge in [-0.05, 0) is 42.0 Å². The highest BCUT2D eigenvalue weighted by atomic mass is 32.2. The number of benzene rings is 1. The number of nitrogens with one attached hydrogen (secondary N) is 1. The van der Waals surface area contributed by atoms with Gasteiger partial charge >= 0.3 is 0 Å². The van der Waals surface area contributed by atoms with Crippen molar-refractivity contribution in [1.29, 1.82) is 0 Å². The minimum atomic E-state index is -0.253. The zero-order valence-electron chi connectivity index (χ0n) is 11.8. The van der Waals surface area contributed by atoms with Crippen LogP contribution in [0.1, 0.15) is 0 Å². The van der Waals surface area contributed by atoms with E-state index in [-0.39, 0.29) is 18.0 Å². The van der Waals surface area contributed by atoms with Gasteiger partial charge in [-0.3, -0.25) is 14.2 Å². The molecular weight excluding hydrogens is 318 g/mol. The Morgan fingerprint density at radius 1 is 1.32 bits per heavy atom. The van der Waals surface area contributed by atoms with Gasteiger partial charge in [-0.15, -0.1) is 23.1 Å². The van der Waals surface area contributed by atoms with Crippen molar-refractivity contribution >= 4 is 44.9 Å². The molecule has 0 aliphatic carbocycles. The van der Waals surface area contributed by atoms with Crippen molar-refractivity contribution in [3.8, 4) is 0 Å². The Balaban J connectivity index is 1.74. The molecule has 0 saturated carbocycles. The third-order valence-corrected chi connectivity index (χ3v) is 4.76. The predicted molar refractivity (Wildman–Crippen MR) is 90.7 cm³/mol. The number of fused-ring (bicyclic) bond motifs is 1. The number of anilines is 1. The first-order valence-electron chi connectivity index (χ1n) is 6.54. The number of rotatable bonds is 4. The van der Waals surface area contributed by atoms with Crippen molar-refractivity contribution < 1.29 is 4.79 Å². The first-order valence-corrected chi connectivity index (χ1v) is 8.64. The predicted octanol–water partition coefficient (Wildman–Crippen LogP) is 2.82. The summed E-state index contributed by atoms with van der Waals surface area (Å²) in [5.74, 6) is -0.253. The average Bonchev–Trinajstić information content (AvgIpc) is 3.00. The molecule has 7 heteroatoms. The second-order valence-corrected chi connectivity index (χ2v) is 6.39. The number of hydrogen-bond donors (Lipinski definition) is 1. The molecule has 0 atom stereocenters. The molecule has 5 nitrogen and oxygen atoms in total. The molecule has 0 aliphatic heterocycles. The molecule has 3 aromatic rings. The van der Waals surface area contributed by atoms with Crippen molar-refractivity contribution in [1.82, 2.24) is 9.55 Å². The van der Waals surface area contributed by atoms with E-state index in [1.165, 1.54) is 22.2 Å². The van der Waals surface area contributed by atoms with E-state index in [4.69, 9.17) is 0 Å². The van der Waals surface area contributed by atoms with Crippen molar-refractivity contribution in [2.45, 2.75) is 11.4 Å². The Bertz CT molecular complexity index is 868. The van der Waals surface area contributed by atoms with Crippen LogP contribution in [0.4, 0.5) is 5.69 Å². The highest BCUT2D eigenvalue weighted by Gasteiger charge is 2.09. The van der Waals surface area contributed by atoms with Gasteiger partial charge in [-0.2, -0.15) is 0 Å². The highest BCUT2D eigenvalue weighted by Crippen LogP contribution is 2.17. The lowest BCUT2D eigenvalue weighted by Crippen LogP contribution is -2.27. The molecule has 0 radical (unpaired) electrons. The molecule has 0 fully saturated rings. The van der Waals surface area contributed by atoms with E-state index < -0.39 is 0 Å². The number of hydrogen-bond acceptors (Lipinski definition) is 5. The summed E-state index contributed by atoms with van der Waals surface area (Å²) < 4.78 is 1.89. The van der Waals surface area contributed by atoms with Gasteiger partial charge in [0.1, 0.15) is 11.2 Å². The summed E-state index contributed by atoms with van der Waals surface area (Å²) in [5, 5.41) is 4.59. The van der Waals surface area contributed by atoms with Gasteiger partial charge in [0, 0.05) is 10.6 Å². The summed E-state index contributed by atoms with van der Waals surface area (Å²) in [4.78, 5) is 29.6. The molecule has 1 amide bonds. The lowest BCUT2D eigenvalue weighted by atomic mass is 10.3. The van der Waals surface area contributed by atoms with Crippen LogP contribution < -0.4 is 10.9 Å². The Morgan fingerprint density at radius 2 is 2.09 bits per heavy atom. The standard InChI is InChI=1S/C15H13N3O2S2/c1-21-11-4-2-10(3-5-11)17-13(19)8-18-9-16-12-6-7-22-14(12)15(18)20/h2-7,9H,8H2,1H3,(H,17,19). The minimum Gasteiger partial charge on any atom is -0.325 e. The molecule has 2 aromatic heterocycles. The molecule has 3 rings (SSSR count). The first kappa shape index (κ1) is 14.8. The Labute approximate surface area is 135 Å². The van der Waals surface area contributed by atoms with Gasteiger partial charge in [-0.25, -0.2) is 4.98 Å². The van der Waals surface area contributed by atoms with Crippen molar-refractivity contribution in [3.63, 3.8) is 0 Å². The molecule has 0 spiro atoms. The second-order valence-electron chi connectivity index (χ2n) is 4.59. The van der Waals surface area contributed by atoms with Crippen LogP contribution in [-0.2, 0) is 11.3 Å². The Morgan fingerprint density at radius 3 is 2.82 bits per heavy atom. The summed E-state index contributed by atoms with van der Waals surface area (Å²) in [6.45, 7) is -0.0516. The number of thioether (sulfide) groups is 1. The Hall–Kier alpha value is -2.12. The summed E-state index contributed by atoms with van der Waals surface area (Å²) >= 11 is 2.97. The number of amides is 1. The Kier molecular flexibility index (Phi) is 4.26. The summed E-state index contributed by atoms with van der Waals surface area (Å²) in [6, 6.07) is 9.34. The molecule has 1 N–H and O–H groups in total. The van der Waals surface area contributed by atoms with Crippen molar-refractivity contribution in [2.24, 2.45) is 0 Å². The number of aromatic nitrogens is 2. The monoisotopic (exact) mass is 331 g/mol. The van der Waals surface area contributed by atoms with E-state index in [0.29, 0.717) is 15.9 Å². The van der Waals surface area contributed by atoms with Crippen molar-refractivity contribution in [2.75, 3.05) is 11.6 Å².